The van der Waals surface area contributed by atoms with E-state index in [4.69, 9.17) is 10.5 Å². The molecule has 0 fully saturated rings. The SMILES string of the molecule is COC[C@@H](C)NC(N)=NCc1ccccc1OC(F)F. The Bertz CT molecular complexity index is 441. The molecule has 0 aliphatic rings. The van der Waals surface area contributed by atoms with Gasteiger partial charge in [-0.1, -0.05) is 18.2 Å². The predicted octanol–water partition coefficient (Wildman–Crippen LogP) is 1.73. The van der Waals surface area contributed by atoms with Crippen molar-refractivity contribution in [2.75, 3.05) is 13.7 Å². The van der Waals surface area contributed by atoms with Crippen LogP contribution in [0, 0.1) is 0 Å². The van der Waals surface area contributed by atoms with Crippen LogP contribution >= 0.6 is 0 Å². The van der Waals surface area contributed by atoms with Crippen LogP contribution in [0.5, 0.6) is 5.75 Å². The van der Waals surface area contributed by atoms with Crippen LogP contribution in [0.2, 0.25) is 0 Å². The summed E-state index contributed by atoms with van der Waals surface area (Å²) < 4.78 is 33.9. The van der Waals surface area contributed by atoms with Gasteiger partial charge in [0.05, 0.1) is 13.2 Å². The molecule has 1 aromatic carbocycles. The summed E-state index contributed by atoms with van der Waals surface area (Å²) in [5, 5.41) is 2.93. The summed E-state index contributed by atoms with van der Waals surface area (Å²) in [5.74, 6) is 0.324. The molecule has 0 saturated carbocycles. The van der Waals surface area contributed by atoms with Crippen molar-refractivity contribution in [3.05, 3.63) is 29.8 Å². The molecule has 0 spiro atoms. The number of nitrogens with two attached hydrogens (primary N) is 1. The van der Waals surface area contributed by atoms with E-state index in [-0.39, 0.29) is 24.3 Å². The molecule has 5 nitrogen and oxygen atoms in total. The number of rotatable bonds is 7. The molecule has 0 aliphatic carbocycles. The van der Waals surface area contributed by atoms with Crippen LogP contribution in [0.4, 0.5) is 8.78 Å². The van der Waals surface area contributed by atoms with Crippen molar-refractivity contribution in [2.24, 2.45) is 10.7 Å². The molecule has 0 aromatic heterocycles. The number of methoxy groups -OCH3 is 1. The highest BCUT2D eigenvalue weighted by atomic mass is 19.3. The lowest BCUT2D eigenvalue weighted by Gasteiger charge is -2.13. The summed E-state index contributed by atoms with van der Waals surface area (Å²) in [6.45, 7) is -0.333. The molecule has 0 radical (unpaired) electrons. The van der Waals surface area contributed by atoms with Crippen molar-refractivity contribution in [2.45, 2.75) is 26.1 Å². The van der Waals surface area contributed by atoms with Crippen molar-refractivity contribution >= 4 is 5.96 Å². The second-order valence-electron chi connectivity index (χ2n) is 4.19. The lowest BCUT2D eigenvalue weighted by Crippen LogP contribution is -2.40. The number of halogens is 2. The predicted molar refractivity (Wildman–Crippen MR) is 72.9 cm³/mol. The van der Waals surface area contributed by atoms with Gasteiger partial charge in [-0.3, -0.25) is 0 Å². The van der Waals surface area contributed by atoms with Crippen LogP contribution in [0.1, 0.15) is 12.5 Å². The average molecular weight is 287 g/mol. The van der Waals surface area contributed by atoms with Crippen molar-refractivity contribution < 1.29 is 18.3 Å². The van der Waals surface area contributed by atoms with Crippen molar-refractivity contribution in [1.29, 1.82) is 0 Å². The quantitative estimate of drug-likeness (QED) is 0.592. The minimum atomic E-state index is -2.86. The fourth-order valence-corrected chi connectivity index (χ4v) is 1.61. The molecule has 7 heteroatoms. The minimum absolute atomic E-state index is 0.0105. The summed E-state index contributed by atoms with van der Waals surface area (Å²) in [6.07, 6.45) is 0. The highest BCUT2D eigenvalue weighted by Gasteiger charge is 2.09. The molecule has 3 N–H and O–H groups in total. The van der Waals surface area contributed by atoms with Gasteiger partial charge in [0.15, 0.2) is 5.96 Å². The molecule has 0 unspecified atom stereocenters. The third-order valence-electron chi connectivity index (χ3n) is 2.42. The molecule has 1 rings (SSSR count). The zero-order chi connectivity index (χ0) is 15.0. The maximum atomic E-state index is 12.2. The summed E-state index contributed by atoms with van der Waals surface area (Å²) >= 11 is 0. The van der Waals surface area contributed by atoms with Gasteiger partial charge in [0.25, 0.3) is 0 Å². The molecule has 112 valence electrons. The first kappa shape index (κ1) is 16.2. The van der Waals surface area contributed by atoms with E-state index in [0.29, 0.717) is 12.2 Å². The van der Waals surface area contributed by atoms with Crippen LogP contribution in [0.15, 0.2) is 29.3 Å². The molecule has 0 amide bonds. The Kier molecular flexibility index (Phi) is 6.72. The number of ether oxygens (including phenoxy) is 2. The maximum Gasteiger partial charge on any atom is 0.387 e. The van der Waals surface area contributed by atoms with E-state index in [9.17, 15) is 8.78 Å². The van der Waals surface area contributed by atoms with E-state index in [1.165, 1.54) is 6.07 Å². The van der Waals surface area contributed by atoms with E-state index in [2.05, 4.69) is 15.0 Å². The molecule has 0 aliphatic heterocycles. The number of nitrogens with zero attached hydrogens (tertiary/aromatic N) is 1. The first-order valence-corrected chi connectivity index (χ1v) is 6.11. The van der Waals surface area contributed by atoms with E-state index in [1.54, 1.807) is 25.3 Å². The topological polar surface area (TPSA) is 68.9 Å². The molecule has 1 atom stereocenters. The largest absolute Gasteiger partial charge is 0.434 e. The molecule has 0 bridgehead atoms. The Balaban J connectivity index is 2.64. The van der Waals surface area contributed by atoms with Crippen LogP contribution in [0.3, 0.4) is 0 Å². The molecule has 20 heavy (non-hydrogen) atoms. The molecule has 1 aromatic rings. The number of guanidine groups is 1. The van der Waals surface area contributed by atoms with Gasteiger partial charge in [-0.05, 0) is 13.0 Å². The highest BCUT2D eigenvalue weighted by Crippen LogP contribution is 2.20. The molecular weight excluding hydrogens is 268 g/mol. The standard InChI is InChI=1S/C13H19F2N3O2/c1-9(8-19-2)18-13(16)17-7-10-5-3-4-6-11(10)20-12(14)15/h3-6,9,12H,7-8H2,1-2H3,(H3,16,17,18)/t9-/m1/s1. The number of alkyl halides is 2. The Morgan fingerprint density at radius 1 is 1.40 bits per heavy atom. The third kappa shape index (κ3) is 5.83. The normalized spacial score (nSPS) is 13.3. The maximum absolute atomic E-state index is 12.2. The summed E-state index contributed by atoms with van der Waals surface area (Å²) in [6, 6.07) is 6.48. The van der Waals surface area contributed by atoms with Gasteiger partial charge >= 0.3 is 6.61 Å². The first-order chi connectivity index (χ1) is 9.52. The highest BCUT2D eigenvalue weighted by molar-refractivity contribution is 5.78. The Labute approximate surface area is 116 Å². The zero-order valence-corrected chi connectivity index (χ0v) is 11.5. The number of hydrogen-bond acceptors (Lipinski definition) is 3. The van der Waals surface area contributed by atoms with Gasteiger partial charge in [-0.2, -0.15) is 8.78 Å². The van der Waals surface area contributed by atoms with Gasteiger partial charge < -0.3 is 20.5 Å². The Morgan fingerprint density at radius 2 is 2.10 bits per heavy atom. The summed E-state index contributed by atoms with van der Waals surface area (Å²) in [5.41, 5.74) is 6.24. The number of hydrogen-bond donors (Lipinski definition) is 2. The third-order valence-corrected chi connectivity index (χ3v) is 2.42. The summed E-state index contributed by atoms with van der Waals surface area (Å²) in [7, 11) is 1.59. The average Bonchev–Trinajstić information content (AvgIpc) is 2.37. The van der Waals surface area contributed by atoms with Gasteiger partial charge in [0.1, 0.15) is 5.75 Å². The second kappa shape index (κ2) is 8.31. The summed E-state index contributed by atoms with van der Waals surface area (Å²) in [4.78, 5) is 4.09. The van der Waals surface area contributed by atoms with E-state index in [1.807, 2.05) is 6.92 Å². The lowest BCUT2D eigenvalue weighted by atomic mass is 10.2. The van der Waals surface area contributed by atoms with E-state index < -0.39 is 6.61 Å². The van der Waals surface area contributed by atoms with Gasteiger partial charge in [-0.25, -0.2) is 4.99 Å². The monoisotopic (exact) mass is 287 g/mol. The number of nitrogens with one attached hydrogen (secondary N) is 1. The lowest BCUT2D eigenvalue weighted by molar-refractivity contribution is -0.0504. The number of aliphatic imine (C=N–C) groups is 1. The minimum Gasteiger partial charge on any atom is -0.434 e. The number of para-hydroxylation sites is 1. The van der Waals surface area contributed by atoms with Crippen LogP contribution in [0.25, 0.3) is 0 Å². The van der Waals surface area contributed by atoms with Crippen molar-refractivity contribution in [3.8, 4) is 5.75 Å². The first-order valence-electron chi connectivity index (χ1n) is 6.11. The van der Waals surface area contributed by atoms with Crippen molar-refractivity contribution in [1.82, 2.24) is 5.32 Å². The molecule has 0 saturated heterocycles. The van der Waals surface area contributed by atoms with Crippen LogP contribution in [-0.2, 0) is 11.3 Å². The van der Waals surface area contributed by atoms with Crippen LogP contribution in [-0.4, -0.2) is 32.3 Å². The molecule has 0 heterocycles. The number of benzene rings is 1. The fraction of sp³-hybridized carbons (Fsp3) is 0.462. The molecular formula is C13H19F2N3O2. The smallest absolute Gasteiger partial charge is 0.387 e. The Morgan fingerprint density at radius 3 is 2.75 bits per heavy atom. The van der Waals surface area contributed by atoms with E-state index >= 15 is 0 Å². The van der Waals surface area contributed by atoms with Gasteiger partial charge in [-0.15, -0.1) is 0 Å². The van der Waals surface area contributed by atoms with E-state index in [0.717, 1.165) is 0 Å². The van der Waals surface area contributed by atoms with Gasteiger partial charge in [0, 0.05) is 18.7 Å². The van der Waals surface area contributed by atoms with Crippen molar-refractivity contribution in [3.63, 3.8) is 0 Å². The second-order valence-corrected chi connectivity index (χ2v) is 4.19. The zero-order valence-electron chi connectivity index (χ0n) is 11.5. The van der Waals surface area contributed by atoms with Gasteiger partial charge in [0.2, 0.25) is 0 Å². The fourth-order valence-electron chi connectivity index (χ4n) is 1.61. The van der Waals surface area contributed by atoms with Crippen LogP contribution < -0.4 is 15.8 Å². The Hall–Kier alpha value is -1.89.